The van der Waals surface area contributed by atoms with E-state index in [2.05, 4.69) is 5.32 Å². The molecule has 0 fully saturated rings. The lowest BCUT2D eigenvalue weighted by atomic mass is 10.1. The molecule has 2 rings (SSSR count). The fourth-order valence-electron chi connectivity index (χ4n) is 1.87. The molecule has 0 aliphatic carbocycles. The van der Waals surface area contributed by atoms with Gasteiger partial charge in [0, 0.05) is 24.7 Å². The number of nitrogens with one attached hydrogen (secondary N) is 1. The maximum Gasteiger partial charge on any atom is 0.294 e. The van der Waals surface area contributed by atoms with Crippen molar-refractivity contribution in [3.63, 3.8) is 0 Å². The van der Waals surface area contributed by atoms with E-state index in [4.69, 9.17) is 17.3 Å². The molecule has 0 spiro atoms. The van der Waals surface area contributed by atoms with Crippen molar-refractivity contribution >= 4 is 23.0 Å². The molecule has 0 heterocycles. The first kappa shape index (κ1) is 15.2. The molecule has 0 aromatic heterocycles. The summed E-state index contributed by atoms with van der Waals surface area (Å²) in [6, 6.07) is 10.9. The van der Waals surface area contributed by atoms with E-state index in [0.717, 1.165) is 17.7 Å². The quantitative estimate of drug-likeness (QED) is 0.654. The largest absolute Gasteiger partial charge is 0.377 e. The molecular formula is C14H13ClFN3O2. The molecule has 0 saturated carbocycles. The zero-order valence-corrected chi connectivity index (χ0v) is 11.7. The van der Waals surface area contributed by atoms with Gasteiger partial charge in [-0.15, -0.1) is 0 Å². The third kappa shape index (κ3) is 3.68. The summed E-state index contributed by atoms with van der Waals surface area (Å²) in [5.74, 6) is -0.724. The average Bonchev–Trinajstić information content (AvgIpc) is 2.48. The Labute approximate surface area is 125 Å². The van der Waals surface area contributed by atoms with Gasteiger partial charge < -0.3 is 11.1 Å². The van der Waals surface area contributed by atoms with Crippen LogP contribution in [0.1, 0.15) is 11.6 Å². The number of nitro groups is 1. The monoisotopic (exact) mass is 309 g/mol. The number of anilines is 1. The predicted octanol–water partition coefficient (Wildman–Crippen LogP) is 3.50. The smallest absolute Gasteiger partial charge is 0.294 e. The Bertz CT molecular complexity index is 652. The number of nitro benzene ring substituents is 1. The second-order valence-electron chi connectivity index (χ2n) is 4.44. The molecule has 0 bridgehead atoms. The van der Waals surface area contributed by atoms with Gasteiger partial charge in [0.2, 0.25) is 0 Å². The van der Waals surface area contributed by atoms with Crippen LogP contribution in [0.25, 0.3) is 0 Å². The summed E-state index contributed by atoms with van der Waals surface area (Å²) in [5, 5.41) is 13.5. The van der Waals surface area contributed by atoms with Crippen LogP contribution in [0.2, 0.25) is 5.02 Å². The number of rotatable bonds is 5. The molecule has 1 unspecified atom stereocenters. The Morgan fingerprint density at radius 3 is 2.62 bits per heavy atom. The minimum absolute atomic E-state index is 0.0493. The normalized spacial score (nSPS) is 12.0. The fourth-order valence-corrected chi connectivity index (χ4v) is 2.02. The Morgan fingerprint density at radius 1 is 1.33 bits per heavy atom. The Hall–Kier alpha value is -2.18. The minimum Gasteiger partial charge on any atom is -0.377 e. The van der Waals surface area contributed by atoms with Crippen LogP contribution in [0.3, 0.4) is 0 Å². The van der Waals surface area contributed by atoms with Crippen molar-refractivity contribution in [1.29, 1.82) is 0 Å². The summed E-state index contributed by atoms with van der Waals surface area (Å²) in [6.45, 7) is 0.228. The molecule has 0 aliphatic heterocycles. The molecular weight excluding hydrogens is 297 g/mol. The van der Waals surface area contributed by atoms with E-state index in [1.807, 2.05) is 30.3 Å². The number of benzene rings is 2. The summed E-state index contributed by atoms with van der Waals surface area (Å²) in [7, 11) is 0. The highest BCUT2D eigenvalue weighted by Crippen LogP contribution is 2.30. The standard InChI is InChI=1S/C14H13ClFN3O2/c15-10-6-14(19(20)21)13(7-11(10)16)18-8-12(17)9-4-2-1-3-5-9/h1-7,12,18H,8,17H2. The summed E-state index contributed by atoms with van der Waals surface area (Å²) in [4.78, 5) is 10.3. The first-order valence-corrected chi connectivity index (χ1v) is 6.54. The van der Waals surface area contributed by atoms with E-state index in [1.54, 1.807) is 0 Å². The molecule has 2 aromatic carbocycles. The van der Waals surface area contributed by atoms with Gasteiger partial charge in [-0.2, -0.15) is 0 Å². The summed E-state index contributed by atoms with van der Waals surface area (Å²) in [6.07, 6.45) is 0. The summed E-state index contributed by atoms with van der Waals surface area (Å²) < 4.78 is 13.4. The van der Waals surface area contributed by atoms with E-state index >= 15 is 0 Å². The molecule has 3 N–H and O–H groups in total. The predicted molar refractivity (Wildman–Crippen MR) is 79.9 cm³/mol. The molecule has 1 atom stereocenters. The van der Waals surface area contributed by atoms with Gasteiger partial charge in [0.25, 0.3) is 5.69 Å². The molecule has 0 radical (unpaired) electrons. The van der Waals surface area contributed by atoms with Crippen LogP contribution in [0.4, 0.5) is 15.8 Å². The third-order valence-corrected chi connectivity index (χ3v) is 3.27. The zero-order chi connectivity index (χ0) is 15.4. The van der Waals surface area contributed by atoms with Crippen molar-refractivity contribution in [2.45, 2.75) is 6.04 Å². The maximum absolute atomic E-state index is 13.4. The number of nitrogens with zero attached hydrogens (tertiary/aromatic N) is 1. The molecule has 7 heteroatoms. The van der Waals surface area contributed by atoms with Crippen molar-refractivity contribution in [1.82, 2.24) is 0 Å². The van der Waals surface area contributed by atoms with Gasteiger partial charge in [-0.05, 0) is 5.56 Å². The van der Waals surface area contributed by atoms with E-state index in [0.29, 0.717) is 0 Å². The Balaban J connectivity index is 2.16. The summed E-state index contributed by atoms with van der Waals surface area (Å²) >= 11 is 5.56. The van der Waals surface area contributed by atoms with E-state index < -0.39 is 10.7 Å². The average molecular weight is 310 g/mol. The van der Waals surface area contributed by atoms with Crippen LogP contribution < -0.4 is 11.1 Å². The molecule has 0 amide bonds. The third-order valence-electron chi connectivity index (χ3n) is 2.98. The number of nitrogens with two attached hydrogens (primary N) is 1. The van der Waals surface area contributed by atoms with Crippen LogP contribution in [0, 0.1) is 15.9 Å². The van der Waals surface area contributed by atoms with Gasteiger partial charge in [-0.25, -0.2) is 4.39 Å². The van der Waals surface area contributed by atoms with Crippen LogP contribution in [0.15, 0.2) is 42.5 Å². The van der Waals surface area contributed by atoms with Gasteiger partial charge in [0.05, 0.1) is 9.95 Å². The van der Waals surface area contributed by atoms with Crippen LogP contribution >= 0.6 is 11.6 Å². The van der Waals surface area contributed by atoms with Gasteiger partial charge >= 0.3 is 0 Å². The molecule has 5 nitrogen and oxygen atoms in total. The Kier molecular flexibility index (Phi) is 4.72. The maximum atomic E-state index is 13.4. The highest BCUT2D eigenvalue weighted by atomic mass is 35.5. The van der Waals surface area contributed by atoms with Crippen molar-refractivity contribution < 1.29 is 9.31 Å². The highest BCUT2D eigenvalue weighted by Gasteiger charge is 2.18. The number of halogens is 2. The molecule has 0 aliphatic rings. The van der Waals surface area contributed by atoms with E-state index in [-0.39, 0.29) is 29.0 Å². The van der Waals surface area contributed by atoms with E-state index in [9.17, 15) is 14.5 Å². The van der Waals surface area contributed by atoms with Crippen molar-refractivity contribution in [2.75, 3.05) is 11.9 Å². The van der Waals surface area contributed by atoms with Crippen molar-refractivity contribution in [2.24, 2.45) is 5.73 Å². The van der Waals surface area contributed by atoms with Crippen LogP contribution in [0.5, 0.6) is 0 Å². The first-order chi connectivity index (χ1) is 9.99. The molecule has 2 aromatic rings. The zero-order valence-electron chi connectivity index (χ0n) is 10.9. The lowest BCUT2D eigenvalue weighted by Crippen LogP contribution is -2.21. The fraction of sp³-hybridized carbons (Fsp3) is 0.143. The van der Waals surface area contributed by atoms with Gasteiger partial charge in [-0.3, -0.25) is 10.1 Å². The second-order valence-corrected chi connectivity index (χ2v) is 4.85. The van der Waals surface area contributed by atoms with Crippen LogP contribution in [-0.4, -0.2) is 11.5 Å². The topological polar surface area (TPSA) is 81.2 Å². The summed E-state index contributed by atoms with van der Waals surface area (Å²) in [5.41, 5.74) is 6.62. The van der Waals surface area contributed by atoms with Crippen LogP contribution in [-0.2, 0) is 0 Å². The number of hydrogen-bond donors (Lipinski definition) is 2. The lowest BCUT2D eigenvalue weighted by Gasteiger charge is -2.14. The van der Waals surface area contributed by atoms with Gasteiger partial charge in [-0.1, -0.05) is 41.9 Å². The van der Waals surface area contributed by atoms with Crippen molar-refractivity contribution in [3.05, 3.63) is 69.0 Å². The molecule has 21 heavy (non-hydrogen) atoms. The molecule has 0 saturated heterocycles. The van der Waals surface area contributed by atoms with Gasteiger partial charge in [0.1, 0.15) is 11.5 Å². The van der Waals surface area contributed by atoms with Crippen molar-refractivity contribution in [3.8, 4) is 0 Å². The Morgan fingerprint density at radius 2 is 2.00 bits per heavy atom. The van der Waals surface area contributed by atoms with Gasteiger partial charge in [0.15, 0.2) is 0 Å². The molecule has 110 valence electrons. The first-order valence-electron chi connectivity index (χ1n) is 6.17. The minimum atomic E-state index is -0.724. The SMILES string of the molecule is NC(CNc1cc(F)c(Cl)cc1[N+](=O)[O-])c1ccccc1. The second kappa shape index (κ2) is 6.51. The lowest BCUT2D eigenvalue weighted by molar-refractivity contribution is -0.384. The number of hydrogen-bond acceptors (Lipinski definition) is 4. The van der Waals surface area contributed by atoms with E-state index in [1.165, 1.54) is 0 Å². The highest BCUT2D eigenvalue weighted by molar-refractivity contribution is 6.31.